The van der Waals surface area contributed by atoms with E-state index in [1.807, 2.05) is 67.6 Å². The minimum Gasteiger partial charge on any atom is -0.494 e. The summed E-state index contributed by atoms with van der Waals surface area (Å²) in [4.78, 5) is 19.5. The summed E-state index contributed by atoms with van der Waals surface area (Å²) in [6.45, 7) is 2.50. The Kier molecular flexibility index (Phi) is 5.36. The van der Waals surface area contributed by atoms with Crippen molar-refractivity contribution in [1.82, 2.24) is 20.2 Å². The normalized spacial score (nSPS) is 11.1. The Balaban J connectivity index is 1.56. The molecular weight excluding hydrogens is 416 g/mol. The van der Waals surface area contributed by atoms with E-state index in [0.717, 1.165) is 44.7 Å². The van der Waals surface area contributed by atoms with Gasteiger partial charge in [-0.3, -0.25) is 10.1 Å². The van der Waals surface area contributed by atoms with Gasteiger partial charge in [-0.2, -0.15) is 5.10 Å². The van der Waals surface area contributed by atoms with Crippen molar-refractivity contribution >= 4 is 16.9 Å². The number of hydrogen-bond acceptors (Lipinski definition) is 4. The van der Waals surface area contributed by atoms with Crippen LogP contribution in [0.15, 0.2) is 72.9 Å². The molecule has 0 fully saturated rings. The minimum atomic E-state index is -1.01. The predicted molar refractivity (Wildman–Crippen MR) is 126 cm³/mol. The lowest BCUT2D eigenvalue weighted by Crippen LogP contribution is -1.96. The number of nitrogens with one attached hydrogen (secondary N) is 2. The quantitative estimate of drug-likeness (QED) is 0.320. The van der Waals surface area contributed by atoms with E-state index in [1.54, 1.807) is 12.3 Å². The van der Waals surface area contributed by atoms with Gasteiger partial charge in [0.25, 0.3) is 0 Å². The number of aromatic nitrogens is 4. The highest BCUT2D eigenvalue weighted by Crippen LogP contribution is 2.32. The van der Waals surface area contributed by atoms with Crippen LogP contribution in [0.4, 0.5) is 0 Å². The topological polar surface area (TPSA) is 104 Å². The minimum absolute atomic E-state index is 0.121. The van der Waals surface area contributed by atoms with Crippen LogP contribution in [-0.2, 0) is 6.42 Å². The lowest BCUT2D eigenvalue weighted by molar-refractivity contribution is 0.0691. The van der Waals surface area contributed by atoms with E-state index < -0.39 is 5.97 Å². The van der Waals surface area contributed by atoms with Crippen molar-refractivity contribution in [2.75, 3.05) is 6.61 Å². The van der Waals surface area contributed by atoms with Gasteiger partial charge in [-0.15, -0.1) is 0 Å². The second-order valence-electron chi connectivity index (χ2n) is 7.69. The summed E-state index contributed by atoms with van der Waals surface area (Å²) in [5, 5.41) is 17.8. The van der Waals surface area contributed by atoms with Crippen LogP contribution in [0.25, 0.3) is 33.4 Å². The smallest absolute Gasteiger partial charge is 0.352 e. The highest BCUT2D eigenvalue weighted by atomic mass is 16.5. The molecule has 0 spiro atoms. The standard InChI is InChI=1S/C26H22N4O3/c1-2-33-20-10-6-9-17(12-20)24-21-14-23(26(31)32)28-25(21)18(15-27-24)11-19-13-22(30-29-19)16-7-4-3-5-8-16/h3-10,12-15,28H,2,11H2,1H3,(H,29,30)(H,31,32). The van der Waals surface area contributed by atoms with E-state index in [2.05, 4.69) is 15.2 Å². The number of ether oxygens (including phenoxy) is 1. The number of aromatic amines is 2. The fourth-order valence-corrected chi connectivity index (χ4v) is 3.96. The van der Waals surface area contributed by atoms with E-state index in [1.165, 1.54) is 0 Å². The average molecular weight is 438 g/mol. The van der Waals surface area contributed by atoms with Crippen LogP contribution in [0.1, 0.15) is 28.7 Å². The number of nitrogens with zero attached hydrogens (tertiary/aromatic N) is 2. The first-order valence-corrected chi connectivity index (χ1v) is 10.7. The molecule has 0 aliphatic carbocycles. The third-order valence-corrected chi connectivity index (χ3v) is 5.47. The van der Waals surface area contributed by atoms with Crippen LogP contribution in [0.3, 0.4) is 0 Å². The number of pyridine rings is 1. The third-order valence-electron chi connectivity index (χ3n) is 5.47. The second kappa shape index (κ2) is 8.63. The van der Waals surface area contributed by atoms with Gasteiger partial charge in [0.1, 0.15) is 11.4 Å². The zero-order valence-electron chi connectivity index (χ0n) is 18.0. The molecule has 7 heteroatoms. The van der Waals surface area contributed by atoms with Crippen molar-refractivity contribution in [2.24, 2.45) is 0 Å². The molecule has 2 aromatic carbocycles. The number of rotatable bonds is 7. The Morgan fingerprint density at radius 2 is 1.85 bits per heavy atom. The molecule has 3 N–H and O–H groups in total. The maximum absolute atomic E-state index is 11.7. The van der Waals surface area contributed by atoms with E-state index in [-0.39, 0.29) is 5.69 Å². The van der Waals surface area contributed by atoms with Crippen LogP contribution in [0.2, 0.25) is 0 Å². The predicted octanol–water partition coefficient (Wildman–Crippen LogP) is 5.31. The Bertz CT molecular complexity index is 1440. The van der Waals surface area contributed by atoms with Gasteiger partial charge in [0.05, 0.1) is 23.5 Å². The maximum Gasteiger partial charge on any atom is 0.352 e. The van der Waals surface area contributed by atoms with E-state index >= 15 is 0 Å². The summed E-state index contributed by atoms with van der Waals surface area (Å²) in [5.74, 6) is -0.270. The molecule has 164 valence electrons. The molecule has 0 saturated heterocycles. The van der Waals surface area contributed by atoms with E-state index in [9.17, 15) is 9.90 Å². The van der Waals surface area contributed by atoms with Crippen molar-refractivity contribution in [2.45, 2.75) is 13.3 Å². The molecule has 0 aliphatic heterocycles. The number of carbonyl (C=O) groups is 1. The number of carboxylic acid groups (broad SMARTS) is 1. The van der Waals surface area contributed by atoms with Gasteiger partial charge < -0.3 is 14.8 Å². The molecule has 0 saturated carbocycles. The Morgan fingerprint density at radius 3 is 2.64 bits per heavy atom. The molecule has 7 nitrogen and oxygen atoms in total. The number of fused-ring (bicyclic) bond motifs is 1. The Hall–Kier alpha value is -4.39. The lowest BCUT2D eigenvalue weighted by atomic mass is 10.0. The highest BCUT2D eigenvalue weighted by molar-refractivity contribution is 6.00. The van der Waals surface area contributed by atoms with E-state index in [0.29, 0.717) is 18.7 Å². The van der Waals surface area contributed by atoms with Crippen molar-refractivity contribution in [1.29, 1.82) is 0 Å². The molecule has 3 aromatic heterocycles. The van der Waals surface area contributed by atoms with Crippen LogP contribution < -0.4 is 4.74 Å². The molecular formula is C26H22N4O3. The van der Waals surface area contributed by atoms with Crippen LogP contribution in [0, 0.1) is 0 Å². The fourth-order valence-electron chi connectivity index (χ4n) is 3.96. The first-order chi connectivity index (χ1) is 16.1. The molecule has 33 heavy (non-hydrogen) atoms. The molecule has 0 unspecified atom stereocenters. The van der Waals surface area contributed by atoms with Crippen LogP contribution >= 0.6 is 0 Å². The largest absolute Gasteiger partial charge is 0.494 e. The first-order valence-electron chi connectivity index (χ1n) is 10.7. The van der Waals surface area contributed by atoms with Gasteiger partial charge in [0, 0.05) is 40.4 Å². The summed E-state index contributed by atoms with van der Waals surface area (Å²) in [6.07, 6.45) is 2.32. The van der Waals surface area contributed by atoms with Gasteiger partial charge in [0.2, 0.25) is 0 Å². The number of hydrogen-bond donors (Lipinski definition) is 3. The zero-order chi connectivity index (χ0) is 22.8. The van der Waals surface area contributed by atoms with Crippen molar-refractivity contribution < 1.29 is 14.6 Å². The molecule has 0 atom stereocenters. The van der Waals surface area contributed by atoms with Crippen molar-refractivity contribution in [3.05, 3.63) is 89.9 Å². The molecule has 0 aliphatic rings. The van der Waals surface area contributed by atoms with Gasteiger partial charge in [0.15, 0.2) is 0 Å². The monoisotopic (exact) mass is 438 g/mol. The second-order valence-corrected chi connectivity index (χ2v) is 7.69. The Labute approximate surface area is 190 Å². The Morgan fingerprint density at radius 1 is 1.03 bits per heavy atom. The van der Waals surface area contributed by atoms with E-state index in [4.69, 9.17) is 9.72 Å². The lowest BCUT2D eigenvalue weighted by Gasteiger charge is -2.09. The third kappa shape index (κ3) is 4.08. The molecule has 5 rings (SSSR count). The molecule has 0 amide bonds. The molecule has 5 aromatic rings. The van der Waals surface area contributed by atoms with Gasteiger partial charge in [-0.25, -0.2) is 4.79 Å². The highest BCUT2D eigenvalue weighted by Gasteiger charge is 2.17. The summed E-state index contributed by atoms with van der Waals surface area (Å²) in [5.41, 5.74) is 6.11. The molecule has 0 bridgehead atoms. The van der Waals surface area contributed by atoms with Gasteiger partial charge in [-0.05, 0) is 31.2 Å². The SMILES string of the molecule is CCOc1cccc(-c2ncc(Cc3cc(-c4ccccc4)n[nH]3)c3[nH]c(C(=O)O)cc23)c1. The van der Waals surface area contributed by atoms with Crippen LogP contribution in [0.5, 0.6) is 5.75 Å². The van der Waals surface area contributed by atoms with Gasteiger partial charge in [-0.1, -0.05) is 42.5 Å². The van der Waals surface area contributed by atoms with Crippen molar-refractivity contribution in [3.8, 4) is 28.3 Å². The summed E-state index contributed by atoms with van der Waals surface area (Å²) >= 11 is 0. The van der Waals surface area contributed by atoms with Gasteiger partial charge >= 0.3 is 5.97 Å². The number of benzene rings is 2. The summed E-state index contributed by atoms with van der Waals surface area (Å²) < 4.78 is 5.62. The first kappa shape index (κ1) is 20.5. The number of H-pyrrole nitrogens is 2. The van der Waals surface area contributed by atoms with Crippen LogP contribution in [-0.4, -0.2) is 37.8 Å². The molecule has 0 radical (unpaired) electrons. The summed E-state index contributed by atoms with van der Waals surface area (Å²) in [7, 11) is 0. The average Bonchev–Trinajstić information content (AvgIpc) is 3.48. The number of carboxylic acids is 1. The van der Waals surface area contributed by atoms with Crippen molar-refractivity contribution in [3.63, 3.8) is 0 Å². The fraction of sp³-hybridized carbons (Fsp3) is 0.115. The summed E-state index contributed by atoms with van der Waals surface area (Å²) in [6, 6.07) is 21.2. The number of aromatic carboxylic acids is 1. The molecule has 3 heterocycles. The maximum atomic E-state index is 11.7. The zero-order valence-corrected chi connectivity index (χ0v) is 18.0.